The third-order valence-electron chi connectivity index (χ3n) is 2.84. The SMILES string of the molecule is CN(C)S(=O)(=O)c1cccc2c1C(O)(O)N(O)C2=O. The molecule has 1 aliphatic heterocycles. The van der Waals surface area contributed by atoms with E-state index < -0.39 is 32.3 Å². The van der Waals surface area contributed by atoms with Crippen LogP contribution in [0.2, 0.25) is 0 Å². The van der Waals surface area contributed by atoms with Crippen LogP contribution in [0.3, 0.4) is 0 Å². The quantitative estimate of drug-likeness (QED) is 0.468. The summed E-state index contributed by atoms with van der Waals surface area (Å²) < 4.78 is 25.0. The lowest BCUT2D eigenvalue weighted by Gasteiger charge is -2.24. The molecular weight excluding hydrogens is 276 g/mol. The minimum Gasteiger partial charge on any atom is -0.343 e. The van der Waals surface area contributed by atoms with Crippen molar-refractivity contribution in [2.24, 2.45) is 0 Å². The molecule has 0 fully saturated rings. The van der Waals surface area contributed by atoms with Crippen LogP contribution in [-0.4, -0.2) is 53.2 Å². The molecule has 0 saturated carbocycles. The van der Waals surface area contributed by atoms with Crippen molar-refractivity contribution in [3.05, 3.63) is 29.3 Å². The first kappa shape index (κ1) is 13.9. The second-order valence-corrected chi connectivity index (χ2v) is 6.34. The van der Waals surface area contributed by atoms with Gasteiger partial charge in [-0.25, -0.2) is 12.7 Å². The van der Waals surface area contributed by atoms with E-state index in [-0.39, 0.29) is 10.6 Å². The highest BCUT2D eigenvalue weighted by Crippen LogP contribution is 2.38. The van der Waals surface area contributed by atoms with Crippen LogP contribution in [0.4, 0.5) is 0 Å². The van der Waals surface area contributed by atoms with Crippen LogP contribution >= 0.6 is 0 Å². The van der Waals surface area contributed by atoms with Gasteiger partial charge >= 0.3 is 5.91 Å². The molecular formula is C10H12N2O6S. The minimum absolute atomic E-state index is 0.282. The number of carbonyl (C=O) groups excluding carboxylic acids is 1. The van der Waals surface area contributed by atoms with Crippen LogP contribution in [0.15, 0.2) is 23.1 Å². The zero-order valence-electron chi connectivity index (χ0n) is 10.1. The maximum atomic E-state index is 12.1. The summed E-state index contributed by atoms with van der Waals surface area (Å²) in [5.41, 5.74) is -0.841. The Hall–Kier alpha value is -1.52. The predicted octanol–water partition coefficient (Wildman–Crippen LogP) is -1.12. The number of benzene rings is 1. The molecule has 9 heteroatoms. The molecule has 0 bridgehead atoms. The summed E-state index contributed by atoms with van der Waals surface area (Å²) in [4.78, 5) is 11.2. The Morgan fingerprint density at radius 3 is 2.37 bits per heavy atom. The third-order valence-corrected chi connectivity index (χ3v) is 4.70. The molecule has 0 aliphatic carbocycles. The molecule has 1 heterocycles. The van der Waals surface area contributed by atoms with E-state index in [0.717, 1.165) is 10.4 Å². The van der Waals surface area contributed by atoms with Crippen LogP contribution in [0.25, 0.3) is 0 Å². The Morgan fingerprint density at radius 2 is 1.84 bits per heavy atom. The van der Waals surface area contributed by atoms with Gasteiger partial charge in [0.1, 0.15) is 0 Å². The van der Waals surface area contributed by atoms with Gasteiger partial charge in [0.05, 0.1) is 16.0 Å². The number of nitrogens with zero attached hydrogens (tertiary/aromatic N) is 2. The summed E-state index contributed by atoms with van der Waals surface area (Å²) in [6, 6.07) is 3.61. The zero-order chi connectivity index (χ0) is 14.6. The molecule has 0 aromatic heterocycles. The largest absolute Gasteiger partial charge is 0.343 e. The number of carbonyl (C=O) groups is 1. The molecule has 3 N–H and O–H groups in total. The second-order valence-electron chi connectivity index (χ2n) is 4.22. The van der Waals surface area contributed by atoms with E-state index >= 15 is 0 Å². The van der Waals surface area contributed by atoms with Gasteiger partial charge in [-0.15, -0.1) is 0 Å². The second kappa shape index (κ2) is 3.99. The smallest absolute Gasteiger partial charge is 0.303 e. The number of fused-ring (bicyclic) bond motifs is 1. The zero-order valence-corrected chi connectivity index (χ0v) is 10.9. The molecule has 0 atom stereocenters. The van der Waals surface area contributed by atoms with Crippen molar-refractivity contribution in [2.45, 2.75) is 10.8 Å². The van der Waals surface area contributed by atoms with Crippen molar-refractivity contribution in [2.75, 3.05) is 14.1 Å². The van der Waals surface area contributed by atoms with Gasteiger partial charge in [0.15, 0.2) is 0 Å². The number of aliphatic hydroxyl groups is 2. The molecule has 104 valence electrons. The predicted molar refractivity (Wildman–Crippen MR) is 61.4 cm³/mol. The number of hydrogen-bond acceptors (Lipinski definition) is 6. The van der Waals surface area contributed by atoms with Crippen molar-refractivity contribution in [3.8, 4) is 0 Å². The van der Waals surface area contributed by atoms with Gasteiger partial charge in [-0.05, 0) is 12.1 Å². The van der Waals surface area contributed by atoms with E-state index in [1.165, 1.54) is 26.2 Å². The summed E-state index contributed by atoms with van der Waals surface area (Å²) in [5.74, 6) is -4.16. The van der Waals surface area contributed by atoms with Gasteiger partial charge in [-0.3, -0.25) is 10.0 Å². The Kier molecular flexibility index (Phi) is 2.92. The first-order valence-corrected chi connectivity index (χ1v) is 6.60. The molecule has 0 unspecified atom stereocenters. The maximum Gasteiger partial charge on any atom is 0.303 e. The van der Waals surface area contributed by atoms with Gasteiger partial charge in [0.2, 0.25) is 10.0 Å². The summed E-state index contributed by atoms with van der Waals surface area (Å²) in [5, 5.41) is 28.5. The highest BCUT2D eigenvalue weighted by molar-refractivity contribution is 7.89. The Balaban J connectivity index is 2.82. The first-order valence-electron chi connectivity index (χ1n) is 5.16. The standard InChI is InChI=1S/C10H12N2O6S/c1-11(2)19(17,18)7-5-3-4-6-8(7)10(14,15)12(16)9(6)13/h3-5,14-16H,1-2H3. The fraction of sp³-hybridized carbons (Fsp3) is 0.300. The van der Waals surface area contributed by atoms with E-state index in [0.29, 0.717) is 0 Å². The van der Waals surface area contributed by atoms with Crippen LogP contribution in [0, 0.1) is 0 Å². The van der Waals surface area contributed by atoms with Crippen molar-refractivity contribution in [1.29, 1.82) is 0 Å². The van der Waals surface area contributed by atoms with E-state index in [1.54, 1.807) is 0 Å². The summed E-state index contributed by atoms with van der Waals surface area (Å²) in [7, 11) is -1.47. The number of amides is 1. The first-order chi connectivity index (χ1) is 8.61. The van der Waals surface area contributed by atoms with E-state index in [4.69, 9.17) is 0 Å². The molecule has 1 aromatic rings. The molecule has 1 aromatic carbocycles. The van der Waals surface area contributed by atoms with E-state index in [1.807, 2.05) is 0 Å². The van der Waals surface area contributed by atoms with Crippen molar-refractivity contribution < 1.29 is 28.6 Å². The van der Waals surface area contributed by atoms with Gasteiger partial charge in [0.25, 0.3) is 5.91 Å². The number of rotatable bonds is 2. The van der Waals surface area contributed by atoms with Gasteiger partial charge in [-0.1, -0.05) is 6.07 Å². The van der Waals surface area contributed by atoms with Crippen molar-refractivity contribution in [1.82, 2.24) is 9.37 Å². The maximum absolute atomic E-state index is 12.1. The Morgan fingerprint density at radius 1 is 1.26 bits per heavy atom. The lowest BCUT2D eigenvalue weighted by molar-refractivity contribution is -0.337. The number of sulfonamides is 1. The van der Waals surface area contributed by atoms with Gasteiger partial charge < -0.3 is 10.2 Å². The Bertz CT molecular complexity index is 652. The molecule has 0 radical (unpaired) electrons. The number of hydroxylamine groups is 2. The molecule has 8 nitrogen and oxygen atoms in total. The fourth-order valence-electron chi connectivity index (χ4n) is 1.83. The molecule has 19 heavy (non-hydrogen) atoms. The lowest BCUT2D eigenvalue weighted by Crippen LogP contribution is -2.42. The average Bonchev–Trinajstić information content (AvgIpc) is 2.51. The van der Waals surface area contributed by atoms with Gasteiger partial charge in [0, 0.05) is 14.1 Å². The topological polar surface area (TPSA) is 118 Å². The van der Waals surface area contributed by atoms with E-state index in [9.17, 15) is 28.6 Å². The number of hydrogen-bond donors (Lipinski definition) is 3. The third kappa shape index (κ3) is 1.75. The van der Waals surface area contributed by atoms with Crippen LogP contribution in [-0.2, 0) is 15.9 Å². The molecule has 0 saturated heterocycles. The summed E-state index contributed by atoms with van der Waals surface area (Å²) in [6.07, 6.45) is 0. The van der Waals surface area contributed by atoms with Crippen molar-refractivity contribution >= 4 is 15.9 Å². The molecule has 1 aliphatic rings. The normalized spacial score (nSPS) is 18.0. The summed E-state index contributed by atoms with van der Waals surface area (Å²) >= 11 is 0. The molecule has 0 spiro atoms. The fourth-order valence-corrected chi connectivity index (χ4v) is 2.98. The van der Waals surface area contributed by atoms with Crippen LogP contribution < -0.4 is 0 Å². The van der Waals surface area contributed by atoms with Gasteiger partial charge in [-0.2, -0.15) is 5.06 Å². The Labute approximate surface area is 109 Å². The molecule has 2 rings (SSSR count). The average molecular weight is 288 g/mol. The highest BCUT2D eigenvalue weighted by atomic mass is 32.2. The monoisotopic (exact) mass is 288 g/mol. The lowest BCUT2D eigenvalue weighted by atomic mass is 10.1. The minimum atomic E-state index is -4.00. The van der Waals surface area contributed by atoms with Crippen LogP contribution in [0.5, 0.6) is 0 Å². The van der Waals surface area contributed by atoms with Crippen LogP contribution in [0.1, 0.15) is 15.9 Å². The van der Waals surface area contributed by atoms with E-state index in [2.05, 4.69) is 0 Å². The molecule has 1 amide bonds. The van der Waals surface area contributed by atoms with Crippen molar-refractivity contribution in [3.63, 3.8) is 0 Å². The summed E-state index contributed by atoms with van der Waals surface area (Å²) in [6.45, 7) is 0. The highest BCUT2D eigenvalue weighted by Gasteiger charge is 2.51.